The number of para-hydroxylation sites is 1. The number of carbonyl (C=O) groups is 1. The van der Waals surface area contributed by atoms with Gasteiger partial charge in [-0.1, -0.05) is 18.2 Å². The Labute approximate surface area is 100 Å². The summed E-state index contributed by atoms with van der Waals surface area (Å²) in [5.41, 5.74) is 1.85. The number of ether oxygens (including phenoxy) is 1. The van der Waals surface area contributed by atoms with E-state index in [0.29, 0.717) is 5.92 Å². The molecule has 1 amide bonds. The quantitative estimate of drug-likeness (QED) is 0.741. The number of hydrogen-bond donors (Lipinski definition) is 1. The van der Waals surface area contributed by atoms with Gasteiger partial charge in [0.15, 0.2) is 0 Å². The van der Waals surface area contributed by atoms with Gasteiger partial charge in [-0.25, -0.2) is 0 Å². The molecule has 3 aliphatic rings. The van der Waals surface area contributed by atoms with Crippen molar-refractivity contribution in [3.63, 3.8) is 0 Å². The highest BCUT2D eigenvalue weighted by Crippen LogP contribution is 2.61. The molecule has 4 rings (SSSR count). The van der Waals surface area contributed by atoms with Gasteiger partial charge in [0.1, 0.15) is 5.60 Å². The van der Waals surface area contributed by atoms with E-state index in [9.17, 15) is 4.79 Å². The molecule has 0 bridgehead atoms. The van der Waals surface area contributed by atoms with Crippen LogP contribution >= 0.6 is 0 Å². The topological polar surface area (TPSA) is 38.3 Å². The molecule has 1 N–H and O–H groups in total. The van der Waals surface area contributed by atoms with E-state index in [4.69, 9.17) is 4.74 Å². The van der Waals surface area contributed by atoms with Crippen molar-refractivity contribution >= 4 is 11.6 Å². The van der Waals surface area contributed by atoms with Crippen LogP contribution in [0.2, 0.25) is 0 Å². The van der Waals surface area contributed by atoms with E-state index in [1.807, 2.05) is 18.2 Å². The molecule has 0 unspecified atom stereocenters. The fourth-order valence-corrected chi connectivity index (χ4v) is 3.82. The summed E-state index contributed by atoms with van der Waals surface area (Å²) in [7, 11) is 0. The van der Waals surface area contributed by atoms with Crippen LogP contribution in [0.1, 0.15) is 24.8 Å². The lowest BCUT2D eigenvalue weighted by molar-refractivity contribution is -0.224. The summed E-state index contributed by atoms with van der Waals surface area (Å²) in [6, 6.07) is 8.09. The van der Waals surface area contributed by atoms with Gasteiger partial charge < -0.3 is 10.1 Å². The second-order valence-electron chi connectivity index (χ2n) is 5.30. The Kier molecular flexibility index (Phi) is 1.76. The van der Waals surface area contributed by atoms with E-state index in [-0.39, 0.29) is 17.4 Å². The normalized spacial score (nSPS) is 38.2. The summed E-state index contributed by atoms with van der Waals surface area (Å²) in [4.78, 5) is 12.1. The first-order chi connectivity index (χ1) is 8.32. The summed E-state index contributed by atoms with van der Waals surface area (Å²) in [5, 5.41) is 3.00. The monoisotopic (exact) mass is 229 g/mol. The number of benzene rings is 1. The highest BCUT2D eigenvalue weighted by molar-refractivity contribution is 5.98. The molecular weight excluding hydrogens is 214 g/mol. The molecule has 88 valence electrons. The van der Waals surface area contributed by atoms with E-state index >= 15 is 0 Å². The molecule has 1 saturated carbocycles. The van der Waals surface area contributed by atoms with Crippen molar-refractivity contribution in [1.82, 2.24) is 0 Å². The van der Waals surface area contributed by atoms with Crippen LogP contribution in [0.15, 0.2) is 24.3 Å². The molecule has 1 spiro atoms. The van der Waals surface area contributed by atoms with Gasteiger partial charge in [0.25, 0.3) is 0 Å². The molecule has 0 aromatic heterocycles. The number of amides is 1. The minimum absolute atomic E-state index is 0.0303. The van der Waals surface area contributed by atoms with Gasteiger partial charge >= 0.3 is 0 Å². The van der Waals surface area contributed by atoms with Gasteiger partial charge in [-0.15, -0.1) is 0 Å². The third-order valence-electron chi connectivity index (χ3n) is 4.60. The summed E-state index contributed by atoms with van der Waals surface area (Å²) < 4.78 is 6.10. The van der Waals surface area contributed by atoms with Crippen LogP contribution in [0, 0.1) is 11.8 Å². The number of nitrogens with one attached hydrogen (secondary N) is 1. The Bertz CT molecular complexity index is 499. The lowest BCUT2D eigenvalue weighted by Gasteiger charge is -2.59. The van der Waals surface area contributed by atoms with Crippen molar-refractivity contribution < 1.29 is 9.53 Å². The number of carbonyl (C=O) groups excluding carboxylic acids is 1. The average Bonchev–Trinajstić information content (AvgIpc) is 2.30. The van der Waals surface area contributed by atoms with Gasteiger partial charge in [0.05, 0.1) is 5.92 Å². The smallest absolute Gasteiger partial charge is 0.230 e. The van der Waals surface area contributed by atoms with Gasteiger partial charge in [-0.3, -0.25) is 4.79 Å². The Morgan fingerprint density at radius 1 is 1.35 bits per heavy atom. The third-order valence-corrected chi connectivity index (χ3v) is 4.60. The minimum Gasteiger partial charge on any atom is -0.369 e. The molecule has 3 heteroatoms. The molecule has 1 aromatic rings. The van der Waals surface area contributed by atoms with Gasteiger partial charge in [-0.05, 0) is 31.2 Å². The Hall–Kier alpha value is -1.35. The van der Waals surface area contributed by atoms with Crippen LogP contribution < -0.4 is 5.32 Å². The number of fused-ring (bicyclic) bond motifs is 1. The van der Waals surface area contributed by atoms with E-state index in [1.54, 1.807) is 0 Å². The summed E-state index contributed by atoms with van der Waals surface area (Å²) in [5.74, 6) is 0.706. The first-order valence-electron chi connectivity index (χ1n) is 6.37. The number of anilines is 1. The highest BCUT2D eigenvalue weighted by Gasteiger charge is 2.63. The molecule has 2 fully saturated rings. The van der Waals surface area contributed by atoms with E-state index in [2.05, 4.69) is 11.4 Å². The maximum absolute atomic E-state index is 12.1. The van der Waals surface area contributed by atoms with Crippen molar-refractivity contribution in [3.05, 3.63) is 29.8 Å². The average molecular weight is 229 g/mol. The SMILES string of the molecule is O=C1Nc2ccccc2[C@@]23OCCC[C@@H]2C[C@@H]13. The van der Waals surface area contributed by atoms with Crippen molar-refractivity contribution in [1.29, 1.82) is 0 Å². The summed E-state index contributed by atoms with van der Waals surface area (Å²) in [6.07, 6.45) is 3.31. The van der Waals surface area contributed by atoms with Crippen molar-refractivity contribution in [2.45, 2.75) is 24.9 Å². The highest BCUT2D eigenvalue weighted by atomic mass is 16.5. The molecule has 1 aromatic carbocycles. The fourth-order valence-electron chi connectivity index (χ4n) is 3.82. The zero-order valence-corrected chi connectivity index (χ0v) is 9.61. The molecule has 2 aliphatic heterocycles. The minimum atomic E-state index is -0.294. The van der Waals surface area contributed by atoms with Crippen molar-refractivity contribution in [3.8, 4) is 0 Å². The zero-order valence-electron chi connectivity index (χ0n) is 9.61. The zero-order chi connectivity index (χ0) is 11.5. The van der Waals surface area contributed by atoms with Crippen LogP contribution in [-0.4, -0.2) is 12.5 Å². The molecular formula is C14H15NO2. The molecule has 1 saturated heterocycles. The van der Waals surface area contributed by atoms with E-state index in [0.717, 1.165) is 25.1 Å². The molecule has 3 atom stereocenters. The largest absolute Gasteiger partial charge is 0.369 e. The van der Waals surface area contributed by atoms with Crippen molar-refractivity contribution in [2.24, 2.45) is 11.8 Å². The van der Waals surface area contributed by atoms with Crippen LogP contribution in [0.3, 0.4) is 0 Å². The van der Waals surface area contributed by atoms with Crippen LogP contribution in [0.5, 0.6) is 0 Å². The second-order valence-corrected chi connectivity index (χ2v) is 5.30. The van der Waals surface area contributed by atoms with Gasteiger partial charge in [0.2, 0.25) is 5.91 Å². The van der Waals surface area contributed by atoms with Gasteiger partial charge in [-0.2, -0.15) is 0 Å². The molecule has 3 nitrogen and oxygen atoms in total. The first-order valence-corrected chi connectivity index (χ1v) is 6.37. The van der Waals surface area contributed by atoms with Crippen LogP contribution in [0.25, 0.3) is 0 Å². The standard InChI is InChI=1S/C14H15NO2/c16-13-11-8-9-4-3-7-17-14(9,11)10-5-1-2-6-12(10)15-13/h1-2,5-6,9,11H,3-4,7-8H2,(H,15,16)/t9-,11+,14+/m1/s1. The Balaban J connectivity index is 1.91. The molecule has 1 aliphatic carbocycles. The molecule has 17 heavy (non-hydrogen) atoms. The first kappa shape index (κ1) is 9.66. The maximum atomic E-state index is 12.1. The molecule has 0 radical (unpaired) electrons. The van der Waals surface area contributed by atoms with E-state index in [1.165, 1.54) is 12.0 Å². The second kappa shape index (κ2) is 3.10. The Morgan fingerprint density at radius 3 is 3.12 bits per heavy atom. The lowest BCUT2D eigenvalue weighted by Crippen LogP contribution is -2.63. The lowest BCUT2D eigenvalue weighted by atomic mass is 9.54. The van der Waals surface area contributed by atoms with E-state index < -0.39 is 0 Å². The fraction of sp³-hybridized carbons (Fsp3) is 0.500. The number of hydrogen-bond acceptors (Lipinski definition) is 2. The predicted molar refractivity (Wildman–Crippen MR) is 63.5 cm³/mol. The predicted octanol–water partition coefficient (Wildman–Crippen LogP) is 2.28. The number of rotatable bonds is 0. The van der Waals surface area contributed by atoms with Crippen LogP contribution in [0.4, 0.5) is 5.69 Å². The van der Waals surface area contributed by atoms with Gasteiger partial charge in [0, 0.05) is 17.9 Å². The summed E-state index contributed by atoms with van der Waals surface area (Å²) in [6.45, 7) is 0.786. The Morgan fingerprint density at radius 2 is 2.24 bits per heavy atom. The van der Waals surface area contributed by atoms with Crippen molar-refractivity contribution in [2.75, 3.05) is 11.9 Å². The maximum Gasteiger partial charge on any atom is 0.230 e. The summed E-state index contributed by atoms with van der Waals surface area (Å²) >= 11 is 0. The van der Waals surface area contributed by atoms with Crippen LogP contribution in [-0.2, 0) is 15.1 Å². The molecule has 2 heterocycles. The third kappa shape index (κ3) is 1.03.